The predicted molar refractivity (Wildman–Crippen MR) is 122 cm³/mol. The van der Waals surface area contributed by atoms with Crippen LogP contribution in [0.15, 0.2) is 36.7 Å². The zero-order chi connectivity index (χ0) is 24.0. The molecule has 172 valence electrons. The molecule has 0 amide bonds. The third-order valence-electron chi connectivity index (χ3n) is 5.73. The van der Waals surface area contributed by atoms with Gasteiger partial charge in [0.2, 0.25) is 0 Å². The van der Waals surface area contributed by atoms with Crippen molar-refractivity contribution >= 4 is 28.6 Å². The molecule has 1 aliphatic rings. The van der Waals surface area contributed by atoms with E-state index in [9.17, 15) is 14.4 Å². The molecule has 0 atom stereocenters. The average Bonchev–Trinajstić information content (AvgIpc) is 3.49. The van der Waals surface area contributed by atoms with Crippen LogP contribution in [0, 0.1) is 0 Å². The zero-order valence-corrected chi connectivity index (χ0v) is 19.5. The summed E-state index contributed by atoms with van der Waals surface area (Å²) < 4.78 is 11.9. The largest absolute Gasteiger partial charge is 0.468 e. The number of hydrogen-bond acceptors (Lipinski definition) is 7. The molecule has 0 bridgehead atoms. The van der Waals surface area contributed by atoms with Gasteiger partial charge in [-0.25, -0.2) is 0 Å². The van der Waals surface area contributed by atoms with Crippen molar-refractivity contribution in [3.05, 3.63) is 47.9 Å². The monoisotopic (exact) mass is 449 g/mol. The van der Waals surface area contributed by atoms with Gasteiger partial charge < -0.3 is 9.47 Å². The van der Waals surface area contributed by atoms with Crippen LogP contribution in [0.2, 0.25) is 0 Å². The second-order valence-corrected chi connectivity index (χ2v) is 9.42. The third kappa shape index (κ3) is 4.37. The van der Waals surface area contributed by atoms with Gasteiger partial charge in [-0.2, -0.15) is 5.10 Å². The van der Waals surface area contributed by atoms with E-state index in [1.165, 1.54) is 18.7 Å². The van der Waals surface area contributed by atoms with E-state index >= 15 is 0 Å². The lowest BCUT2D eigenvalue weighted by molar-refractivity contribution is -0.155. The topological polar surface area (TPSA) is 100 Å². The first-order chi connectivity index (χ1) is 15.5. The summed E-state index contributed by atoms with van der Waals surface area (Å²) in [4.78, 5) is 41.2. The molecule has 1 fully saturated rings. The number of esters is 2. The summed E-state index contributed by atoms with van der Waals surface area (Å²) in [5.41, 5.74) is 2.18. The van der Waals surface area contributed by atoms with Crippen LogP contribution >= 0.6 is 0 Å². The molecule has 0 aliphatic heterocycles. The van der Waals surface area contributed by atoms with Crippen LogP contribution in [-0.4, -0.2) is 45.2 Å². The molecule has 0 saturated heterocycles. The number of Topliss-reactive ketones (excluding diaryl/α,β-unsaturated/α-hetero) is 1. The number of pyridine rings is 1. The number of rotatable bonds is 6. The maximum absolute atomic E-state index is 12.3. The zero-order valence-electron chi connectivity index (χ0n) is 19.5. The Hall–Kier alpha value is -3.55. The molecule has 1 aliphatic carbocycles. The number of aromatic nitrogens is 3. The fraction of sp³-hybridized carbons (Fsp3) is 0.400. The van der Waals surface area contributed by atoms with Crippen LogP contribution in [0.3, 0.4) is 0 Å². The van der Waals surface area contributed by atoms with E-state index < -0.39 is 17.0 Å². The first-order valence-electron chi connectivity index (χ1n) is 10.8. The molecule has 1 aromatic carbocycles. The Bertz CT molecular complexity index is 1260. The quantitative estimate of drug-likeness (QED) is 0.416. The van der Waals surface area contributed by atoms with Crippen LogP contribution < -0.4 is 0 Å². The number of benzene rings is 1. The van der Waals surface area contributed by atoms with Gasteiger partial charge in [0.05, 0.1) is 18.0 Å². The second kappa shape index (κ2) is 8.10. The first kappa shape index (κ1) is 22.6. The number of hydrogen-bond donors (Lipinski definition) is 0. The Morgan fingerprint density at radius 3 is 2.42 bits per heavy atom. The van der Waals surface area contributed by atoms with Crippen molar-refractivity contribution in [2.75, 3.05) is 7.11 Å². The van der Waals surface area contributed by atoms with Gasteiger partial charge in [-0.05, 0) is 62.9 Å². The van der Waals surface area contributed by atoms with Gasteiger partial charge >= 0.3 is 11.9 Å². The lowest BCUT2D eigenvalue weighted by Gasteiger charge is -2.19. The second-order valence-electron chi connectivity index (χ2n) is 9.42. The Morgan fingerprint density at radius 1 is 1.09 bits per heavy atom. The van der Waals surface area contributed by atoms with Gasteiger partial charge in [0.1, 0.15) is 17.8 Å². The van der Waals surface area contributed by atoms with E-state index in [-0.39, 0.29) is 24.0 Å². The van der Waals surface area contributed by atoms with E-state index in [0.29, 0.717) is 10.9 Å². The third-order valence-corrected chi connectivity index (χ3v) is 5.73. The normalized spacial score (nSPS) is 14.7. The molecule has 0 unspecified atom stereocenters. The Morgan fingerprint density at radius 2 is 1.82 bits per heavy atom. The molecule has 8 heteroatoms. The van der Waals surface area contributed by atoms with Gasteiger partial charge in [0.15, 0.2) is 5.78 Å². The SMILES string of the molecule is COC(=O)C1(c2cncc(-c3ccc4c(c3)c(C(C)=O)nn4CC(=O)OC(C)(C)C)c2)CC1. The van der Waals surface area contributed by atoms with Crippen LogP contribution in [-0.2, 0) is 31.0 Å². The summed E-state index contributed by atoms with van der Waals surface area (Å²) in [6, 6.07) is 7.52. The Kier molecular flexibility index (Phi) is 5.56. The molecular weight excluding hydrogens is 422 g/mol. The molecule has 2 heterocycles. The molecule has 4 rings (SSSR count). The van der Waals surface area contributed by atoms with Gasteiger partial charge in [-0.15, -0.1) is 0 Å². The molecule has 8 nitrogen and oxygen atoms in total. The van der Waals surface area contributed by atoms with Gasteiger partial charge in [0.25, 0.3) is 0 Å². The number of ketones is 1. The highest BCUT2D eigenvalue weighted by Gasteiger charge is 2.52. The smallest absolute Gasteiger partial charge is 0.328 e. The average molecular weight is 450 g/mol. The molecule has 0 spiro atoms. The van der Waals surface area contributed by atoms with Gasteiger partial charge in [-0.3, -0.25) is 24.0 Å². The summed E-state index contributed by atoms with van der Waals surface area (Å²) in [5, 5.41) is 5.03. The number of ether oxygens (including phenoxy) is 2. The highest BCUT2D eigenvalue weighted by molar-refractivity contribution is 6.06. The van der Waals surface area contributed by atoms with Crippen molar-refractivity contribution in [2.45, 2.75) is 58.1 Å². The lowest BCUT2D eigenvalue weighted by atomic mass is 9.94. The maximum atomic E-state index is 12.3. The minimum Gasteiger partial charge on any atom is -0.468 e. The van der Waals surface area contributed by atoms with Crippen LogP contribution in [0.1, 0.15) is 56.6 Å². The molecule has 33 heavy (non-hydrogen) atoms. The van der Waals surface area contributed by atoms with Crippen molar-refractivity contribution in [3.63, 3.8) is 0 Å². The minimum absolute atomic E-state index is 0.0981. The molecule has 0 N–H and O–H groups in total. The number of fused-ring (bicyclic) bond motifs is 1. The van der Waals surface area contributed by atoms with Crippen molar-refractivity contribution in [1.29, 1.82) is 0 Å². The maximum Gasteiger partial charge on any atom is 0.328 e. The molecular formula is C25H27N3O5. The Labute approximate surface area is 191 Å². The summed E-state index contributed by atoms with van der Waals surface area (Å²) in [7, 11) is 1.39. The Balaban J connectivity index is 1.72. The highest BCUT2D eigenvalue weighted by Crippen LogP contribution is 2.49. The number of carbonyl (C=O) groups is 3. The van der Waals surface area contributed by atoms with Crippen molar-refractivity contribution < 1.29 is 23.9 Å². The highest BCUT2D eigenvalue weighted by atomic mass is 16.6. The number of carbonyl (C=O) groups excluding carboxylic acids is 3. The van der Waals surface area contributed by atoms with E-state index in [0.717, 1.165) is 29.5 Å². The van der Waals surface area contributed by atoms with E-state index in [1.807, 2.05) is 24.3 Å². The van der Waals surface area contributed by atoms with Crippen LogP contribution in [0.25, 0.3) is 22.0 Å². The van der Waals surface area contributed by atoms with Crippen LogP contribution in [0.4, 0.5) is 0 Å². The minimum atomic E-state index is -0.620. The van der Waals surface area contributed by atoms with Gasteiger partial charge in [-0.1, -0.05) is 6.07 Å². The fourth-order valence-corrected chi connectivity index (χ4v) is 4.03. The van der Waals surface area contributed by atoms with Crippen LogP contribution in [0.5, 0.6) is 0 Å². The number of methoxy groups -OCH3 is 1. The summed E-state index contributed by atoms with van der Waals surface area (Å²) >= 11 is 0. The summed E-state index contributed by atoms with van der Waals surface area (Å²) in [5.74, 6) is -0.880. The first-order valence-corrected chi connectivity index (χ1v) is 10.8. The van der Waals surface area contributed by atoms with E-state index in [4.69, 9.17) is 9.47 Å². The van der Waals surface area contributed by atoms with Crippen molar-refractivity contribution in [1.82, 2.24) is 14.8 Å². The summed E-state index contributed by atoms with van der Waals surface area (Å²) in [6.07, 6.45) is 4.88. The fourth-order valence-electron chi connectivity index (χ4n) is 4.03. The molecule has 3 aromatic rings. The molecule has 0 radical (unpaired) electrons. The predicted octanol–water partition coefficient (Wildman–Crippen LogP) is 3.85. The van der Waals surface area contributed by atoms with Crippen molar-refractivity contribution in [3.8, 4) is 11.1 Å². The van der Waals surface area contributed by atoms with Gasteiger partial charge in [0, 0.05) is 30.3 Å². The van der Waals surface area contributed by atoms with Crippen molar-refractivity contribution in [2.24, 2.45) is 0 Å². The molecule has 2 aromatic heterocycles. The summed E-state index contributed by atoms with van der Waals surface area (Å²) in [6.45, 7) is 6.75. The lowest BCUT2D eigenvalue weighted by Crippen LogP contribution is -2.26. The van der Waals surface area contributed by atoms with E-state index in [2.05, 4.69) is 10.1 Å². The number of nitrogens with zero attached hydrogens (tertiary/aromatic N) is 3. The molecule has 1 saturated carbocycles. The standard InChI is InChI=1S/C25H27N3O5/c1-15(29)22-19-11-16(6-7-20(19)28(27-22)14-21(30)33-24(2,3)4)17-10-18(13-26-12-17)25(8-9-25)23(31)32-5/h6-7,10-13H,8-9,14H2,1-5H3. The van der Waals surface area contributed by atoms with E-state index in [1.54, 1.807) is 33.2 Å².